The first-order valence-electron chi connectivity index (χ1n) is 5.51. The lowest BCUT2D eigenvalue weighted by Crippen LogP contribution is -2.14. The van der Waals surface area contributed by atoms with E-state index in [1.54, 1.807) is 12.1 Å². The van der Waals surface area contributed by atoms with Gasteiger partial charge in [-0.1, -0.05) is 23.5 Å². The molecular formula is C12H11N3O2S3. The van der Waals surface area contributed by atoms with Gasteiger partial charge in [-0.15, -0.1) is 11.8 Å². The van der Waals surface area contributed by atoms with Crippen molar-refractivity contribution in [3.63, 3.8) is 0 Å². The minimum Gasteiger partial charge on any atom is -0.255 e. The quantitative estimate of drug-likeness (QED) is 0.874. The third-order valence-corrected chi connectivity index (χ3v) is 6.27. The predicted octanol–water partition coefficient (Wildman–Crippen LogP) is 2.85. The van der Waals surface area contributed by atoms with Gasteiger partial charge in [0.25, 0.3) is 10.0 Å². The molecule has 5 nitrogen and oxygen atoms in total. The van der Waals surface area contributed by atoms with E-state index in [1.807, 2.05) is 19.2 Å². The van der Waals surface area contributed by atoms with E-state index in [4.69, 9.17) is 5.26 Å². The second kappa shape index (κ2) is 5.83. The van der Waals surface area contributed by atoms with E-state index >= 15 is 0 Å². The number of nitrogens with one attached hydrogen (secondary N) is 1. The molecule has 0 aliphatic carbocycles. The molecule has 2 aromatic rings. The summed E-state index contributed by atoms with van der Waals surface area (Å²) in [5.74, 6) is 0. The van der Waals surface area contributed by atoms with Crippen molar-refractivity contribution in [3.05, 3.63) is 35.5 Å². The summed E-state index contributed by atoms with van der Waals surface area (Å²) in [5.41, 5.74) is 0.895. The average molecular weight is 325 g/mol. The van der Waals surface area contributed by atoms with Gasteiger partial charge >= 0.3 is 0 Å². The molecule has 0 spiro atoms. The Hall–Kier alpha value is -1.56. The smallest absolute Gasteiger partial charge is 0.255 e. The third kappa shape index (κ3) is 2.95. The van der Waals surface area contributed by atoms with Crippen LogP contribution in [0.3, 0.4) is 0 Å². The second-order valence-electron chi connectivity index (χ2n) is 3.81. The van der Waals surface area contributed by atoms with Crippen LogP contribution in [0.2, 0.25) is 0 Å². The molecule has 1 aromatic heterocycles. The van der Waals surface area contributed by atoms with E-state index in [0.29, 0.717) is 5.13 Å². The maximum absolute atomic E-state index is 12.3. The van der Waals surface area contributed by atoms with Gasteiger partial charge in [-0.3, -0.25) is 4.72 Å². The summed E-state index contributed by atoms with van der Waals surface area (Å²) in [6, 6.07) is 7.94. The number of benzene rings is 1. The standard InChI is InChI=1S/C12H11N3O2S3/c1-8-11(18-2)19-12(14-8)15-20(16,17)10-6-4-3-5-9(10)7-13/h3-6H,1-2H3,(H,14,15). The van der Waals surface area contributed by atoms with Gasteiger partial charge in [-0.2, -0.15) is 5.26 Å². The van der Waals surface area contributed by atoms with Crippen molar-refractivity contribution in [1.82, 2.24) is 4.98 Å². The van der Waals surface area contributed by atoms with Gasteiger partial charge in [-0.05, 0) is 25.3 Å². The highest BCUT2D eigenvalue weighted by molar-refractivity contribution is 8.00. The number of thioether (sulfide) groups is 1. The average Bonchev–Trinajstić information content (AvgIpc) is 2.77. The van der Waals surface area contributed by atoms with Gasteiger partial charge in [0, 0.05) is 0 Å². The summed E-state index contributed by atoms with van der Waals surface area (Å²) in [6.07, 6.45) is 1.91. The van der Waals surface area contributed by atoms with Crippen LogP contribution in [0, 0.1) is 18.3 Å². The summed E-state index contributed by atoms with van der Waals surface area (Å²) in [7, 11) is -3.80. The van der Waals surface area contributed by atoms with Gasteiger partial charge in [0.2, 0.25) is 0 Å². The summed E-state index contributed by atoms with van der Waals surface area (Å²) >= 11 is 2.79. The van der Waals surface area contributed by atoms with Crippen molar-refractivity contribution in [2.24, 2.45) is 0 Å². The Balaban J connectivity index is 2.38. The van der Waals surface area contributed by atoms with Gasteiger partial charge in [0.15, 0.2) is 5.13 Å². The van der Waals surface area contributed by atoms with Crippen molar-refractivity contribution in [2.45, 2.75) is 16.0 Å². The Morgan fingerprint density at radius 2 is 2.10 bits per heavy atom. The predicted molar refractivity (Wildman–Crippen MR) is 80.6 cm³/mol. The Kier molecular flexibility index (Phi) is 4.32. The zero-order valence-corrected chi connectivity index (χ0v) is 13.2. The number of nitrogens with zero attached hydrogens (tertiary/aromatic N) is 2. The Labute approximate surface area is 125 Å². The van der Waals surface area contributed by atoms with Crippen molar-refractivity contribution in [3.8, 4) is 6.07 Å². The van der Waals surface area contributed by atoms with Crippen LogP contribution in [0.4, 0.5) is 5.13 Å². The Bertz CT molecular complexity index is 775. The number of hydrogen-bond acceptors (Lipinski definition) is 6. The molecule has 1 N–H and O–H groups in total. The lowest BCUT2D eigenvalue weighted by Gasteiger charge is -2.06. The monoisotopic (exact) mass is 325 g/mol. The number of sulfonamides is 1. The number of nitriles is 1. The fourth-order valence-electron chi connectivity index (χ4n) is 1.58. The normalized spacial score (nSPS) is 11.1. The van der Waals surface area contributed by atoms with Gasteiger partial charge in [0.05, 0.1) is 15.5 Å². The summed E-state index contributed by atoms with van der Waals surface area (Å²) < 4.78 is 28.0. The molecular weight excluding hydrogens is 314 g/mol. The van der Waals surface area contributed by atoms with E-state index in [0.717, 1.165) is 9.90 Å². The first-order chi connectivity index (χ1) is 9.47. The first-order valence-corrected chi connectivity index (χ1v) is 9.03. The zero-order chi connectivity index (χ0) is 14.8. The number of anilines is 1. The molecule has 0 atom stereocenters. The highest BCUT2D eigenvalue weighted by Crippen LogP contribution is 2.31. The van der Waals surface area contributed by atoms with Crippen LogP contribution in [0.15, 0.2) is 33.4 Å². The molecule has 104 valence electrons. The van der Waals surface area contributed by atoms with Crippen LogP contribution in [-0.4, -0.2) is 19.7 Å². The third-order valence-electron chi connectivity index (χ3n) is 2.46. The van der Waals surface area contributed by atoms with E-state index in [2.05, 4.69) is 9.71 Å². The zero-order valence-electron chi connectivity index (χ0n) is 10.7. The van der Waals surface area contributed by atoms with E-state index < -0.39 is 10.0 Å². The number of hydrogen-bond donors (Lipinski definition) is 1. The highest BCUT2D eigenvalue weighted by atomic mass is 32.2. The topological polar surface area (TPSA) is 82.9 Å². The number of aromatic nitrogens is 1. The van der Waals surface area contributed by atoms with E-state index in [1.165, 1.54) is 35.2 Å². The molecule has 1 heterocycles. The SMILES string of the molecule is CSc1sc(NS(=O)(=O)c2ccccc2C#N)nc1C. The van der Waals surface area contributed by atoms with Crippen LogP contribution in [-0.2, 0) is 10.0 Å². The number of thiazole rings is 1. The molecule has 0 unspecified atom stereocenters. The molecule has 1 aromatic carbocycles. The van der Waals surface area contributed by atoms with Crippen LogP contribution >= 0.6 is 23.1 Å². The van der Waals surface area contributed by atoms with Crippen LogP contribution in [0.1, 0.15) is 11.3 Å². The lowest BCUT2D eigenvalue weighted by molar-refractivity contribution is 0.601. The number of rotatable bonds is 4. The van der Waals surface area contributed by atoms with Crippen LogP contribution in [0.5, 0.6) is 0 Å². The van der Waals surface area contributed by atoms with Crippen molar-refractivity contribution < 1.29 is 8.42 Å². The fourth-order valence-corrected chi connectivity index (χ4v) is 4.58. The molecule has 0 saturated carbocycles. The maximum Gasteiger partial charge on any atom is 0.264 e. The molecule has 0 aliphatic rings. The minimum absolute atomic E-state index is 0.0407. The molecule has 0 amide bonds. The molecule has 2 rings (SSSR count). The Morgan fingerprint density at radius 3 is 2.70 bits per heavy atom. The van der Waals surface area contributed by atoms with Crippen molar-refractivity contribution in [2.75, 3.05) is 11.0 Å². The molecule has 0 bridgehead atoms. The van der Waals surface area contributed by atoms with Crippen molar-refractivity contribution >= 4 is 38.3 Å². The lowest BCUT2D eigenvalue weighted by atomic mass is 10.2. The summed E-state index contributed by atoms with van der Waals surface area (Å²) in [6.45, 7) is 1.82. The molecule has 8 heteroatoms. The van der Waals surface area contributed by atoms with E-state index in [9.17, 15) is 8.42 Å². The molecule has 0 saturated heterocycles. The first kappa shape index (κ1) is 14.8. The van der Waals surface area contributed by atoms with Crippen molar-refractivity contribution in [1.29, 1.82) is 5.26 Å². The largest absolute Gasteiger partial charge is 0.264 e. The van der Waals surface area contributed by atoms with E-state index in [-0.39, 0.29) is 10.5 Å². The summed E-state index contributed by atoms with van der Waals surface area (Å²) in [5, 5.41) is 9.28. The maximum atomic E-state index is 12.3. The molecule has 0 aliphatic heterocycles. The van der Waals surface area contributed by atoms with Gasteiger partial charge in [-0.25, -0.2) is 13.4 Å². The fraction of sp³-hybridized carbons (Fsp3) is 0.167. The number of aryl methyl sites for hydroxylation is 1. The second-order valence-corrected chi connectivity index (χ2v) is 7.53. The summed E-state index contributed by atoms with van der Waals surface area (Å²) in [4.78, 5) is 4.13. The van der Waals surface area contributed by atoms with Crippen LogP contribution < -0.4 is 4.72 Å². The Morgan fingerprint density at radius 1 is 1.40 bits per heavy atom. The molecule has 0 radical (unpaired) electrons. The van der Waals surface area contributed by atoms with Gasteiger partial charge < -0.3 is 0 Å². The van der Waals surface area contributed by atoms with Crippen LogP contribution in [0.25, 0.3) is 0 Å². The minimum atomic E-state index is -3.80. The van der Waals surface area contributed by atoms with Gasteiger partial charge in [0.1, 0.15) is 11.0 Å². The molecule has 0 fully saturated rings. The molecule has 20 heavy (non-hydrogen) atoms. The highest BCUT2D eigenvalue weighted by Gasteiger charge is 2.20.